The maximum atomic E-state index is 13.4. The Bertz CT molecular complexity index is 704. The second kappa shape index (κ2) is 6.89. The Kier molecular flexibility index (Phi) is 4.59. The predicted octanol–water partition coefficient (Wildman–Crippen LogP) is 2.86. The molecule has 0 unspecified atom stereocenters. The van der Waals surface area contributed by atoms with E-state index in [0.717, 1.165) is 57.3 Å². The third-order valence-electron chi connectivity index (χ3n) is 6.09. The molecular weight excluding hydrogens is 333 g/mol. The molecule has 0 N–H and O–H groups in total. The Hall–Kier alpha value is -2.11. The normalized spacial score (nSPS) is 26.2. The number of carbonyl (C=O) groups is 2. The van der Waals surface area contributed by atoms with Crippen molar-refractivity contribution in [3.05, 3.63) is 35.6 Å². The van der Waals surface area contributed by atoms with Crippen LogP contribution in [-0.4, -0.2) is 59.4 Å². The monoisotopic (exact) mass is 359 g/mol. The van der Waals surface area contributed by atoms with Crippen molar-refractivity contribution in [1.29, 1.82) is 0 Å². The Morgan fingerprint density at radius 1 is 1.04 bits per heavy atom. The van der Waals surface area contributed by atoms with Gasteiger partial charge in [-0.1, -0.05) is 12.1 Å². The van der Waals surface area contributed by atoms with Gasteiger partial charge in [0.2, 0.25) is 5.91 Å². The summed E-state index contributed by atoms with van der Waals surface area (Å²) in [6.07, 6.45) is 4.65. The minimum absolute atomic E-state index is 0.0953. The van der Waals surface area contributed by atoms with Crippen molar-refractivity contribution in [2.45, 2.75) is 38.6 Å². The molecule has 0 bridgehead atoms. The summed E-state index contributed by atoms with van der Waals surface area (Å²) in [6, 6.07) is 6.53. The SMILES string of the molecule is O=C(N1CCCC1)N1CCC[C@@]2(CCN(Cc3cccc(F)c3)C2=O)C1. The lowest BCUT2D eigenvalue weighted by Crippen LogP contribution is -2.52. The highest BCUT2D eigenvalue weighted by Crippen LogP contribution is 2.41. The Labute approximate surface area is 153 Å². The van der Waals surface area contributed by atoms with E-state index in [1.165, 1.54) is 12.1 Å². The molecule has 1 atom stereocenters. The number of hydrogen-bond donors (Lipinski definition) is 0. The van der Waals surface area contributed by atoms with Gasteiger partial charge in [-0.2, -0.15) is 0 Å². The lowest BCUT2D eigenvalue weighted by atomic mass is 9.78. The first kappa shape index (κ1) is 17.3. The molecule has 6 heteroatoms. The van der Waals surface area contributed by atoms with Gasteiger partial charge in [-0.05, 0) is 49.8 Å². The van der Waals surface area contributed by atoms with Crippen molar-refractivity contribution in [2.75, 3.05) is 32.7 Å². The molecule has 3 heterocycles. The van der Waals surface area contributed by atoms with Crippen LogP contribution in [0.4, 0.5) is 9.18 Å². The van der Waals surface area contributed by atoms with Gasteiger partial charge < -0.3 is 14.7 Å². The summed E-state index contributed by atoms with van der Waals surface area (Å²) < 4.78 is 13.4. The number of likely N-dealkylation sites (tertiary alicyclic amines) is 3. The minimum atomic E-state index is -0.443. The Morgan fingerprint density at radius 3 is 2.58 bits per heavy atom. The van der Waals surface area contributed by atoms with Crippen LogP contribution in [0.25, 0.3) is 0 Å². The van der Waals surface area contributed by atoms with Gasteiger partial charge in [-0.15, -0.1) is 0 Å². The van der Waals surface area contributed by atoms with E-state index < -0.39 is 5.41 Å². The van der Waals surface area contributed by atoms with E-state index in [4.69, 9.17) is 0 Å². The van der Waals surface area contributed by atoms with Crippen LogP contribution in [0.5, 0.6) is 0 Å². The molecule has 0 aliphatic carbocycles. The molecule has 26 heavy (non-hydrogen) atoms. The van der Waals surface area contributed by atoms with Gasteiger partial charge >= 0.3 is 6.03 Å². The zero-order valence-corrected chi connectivity index (χ0v) is 15.1. The van der Waals surface area contributed by atoms with Crippen LogP contribution in [0.1, 0.15) is 37.7 Å². The number of halogens is 1. The van der Waals surface area contributed by atoms with E-state index in [1.54, 1.807) is 6.07 Å². The third-order valence-corrected chi connectivity index (χ3v) is 6.09. The largest absolute Gasteiger partial charge is 0.338 e. The van der Waals surface area contributed by atoms with Crippen LogP contribution in [0.15, 0.2) is 24.3 Å². The number of nitrogens with zero attached hydrogens (tertiary/aromatic N) is 3. The summed E-state index contributed by atoms with van der Waals surface area (Å²) in [5, 5.41) is 0. The quantitative estimate of drug-likeness (QED) is 0.815. The van der Waals surface area contributed by atoms with E-state index in [-0.39, 0.29) is 17.8 Å². The highest BCUT2D eigenvalue weighted by atomic mass is 19.1. The van der Waals surface area contributed by atoms with E-state index in [0.29, 0.717) is 19.6 Å². The van der Waals surface area contributed by atoms with Gasteiger partial charge in [0, 0.05) is 39.3 Å². The number of carbonyl (C=O) groups excluding carboxylic acids is 2. The predicted molar refractivity (Wildman–Crippen MR) is 95.9 cm³/mol. The molecule has 3 aliphatic heterocycles. The number of urea groups is 1. The van der Waals surface area contributed by atoms with E-state index in [2.05, 4.69) is 0 Å². The summed E-state index contributed by atoms with van der Waals surface area (Å²) in [7, 11) is 0. The average Bonchev–Trinajstić information content (AvgIpc) is 3.27. The maximum absolute atomic E-state index is 13.4. The first-order valence-corrected chi connectivity index (χ1v) is 9.65. The molecule has 3 aliphatic rings. The molecule has 0 saturated carbocycles. The molecule has 3 fully saturated rings. The highest BCUT2D eigenvalue weighted by Gasteiger charge is 2.49. The fraction of sp³-hybridized carbons (Fsp3) is 0.600. The Morgan fingerprint density at radius 2 is 1.81 bits per heavy atom. The molecule has 140 valence electrons. The van der Waals surface area contributed by atoms with E-state index in [9.17, 15) is 14.0 Å². The van der Waals surface area contributed by atoms with Crippen LogP contribution in [-0.2, 0) is 11.3 Å². The molecule has 1 aromatic rings. The van der Waals surface area contributed by atoms with E-state index in [1.807, 2.05) is 20.8 Å². The van der Waals surface area contributed by atoms with Crippen molar-refractivity contribution < 1.29 is 14.0 Å². The molecule has 1 spiro atoms. The van der Waals surface area contributed by atoms with Gasteiger partial charge in [0.15, 0.2) is 0 Å². The summed E-state index contributed by atoms with van der Waals surface area (Å²) in [5.74, 6) is -0.149. The smallest absolute Gasteiger partial charge is 0.320 e. The van der Waals surface area contributed by atoms with E-state index >= 15 is 0 Å². The second-order valence-electron chi connectivity index (χ2n) is 7.89. The maximum Gasteiger partial charge on any atom is 0.320 e. The highest BCUT2D eigenvalue weighted by molar-refractivity contribution is 5.86. The topological polar surface area (TPSA) is 43.9 Å². The molecule has 0 aromatic heterocycles. The van der Waals surface area contributed by atoms with Crippen molar-refractivity contribution in [3.8, 4) is 0 Å². The zero-order valence-electron chi connectivity index (χ0n) is 15.1. The number of rotatable bonds is 2. The molecule has 5 nitrogen and oxygen atoms in total. The standard InChI is InChI=1S/C20H26FN3O2/c21-17-6-3-5-16(13-17)14-23-12-8-20(18(23)25)7-4-11-24(15-20)19(26)22-9-1-2-10-22/h3,5-6,13H,1-2,4,7-12,14-15H2/t20-/m1/s1. The first-order chi connectivity index (χ1) is 12.6. The molecule has 1 aromatic carbocycles. The van der Waals surface area contributed by atoms with Gasteiger partial charge in [-0.25, -0.2) is 9.18 Å². The average molecular weight is 359 g/mol. The number of benzene rings is 1. The van der Waals surface area contributed by atoms with Crippen molar-refractivity contribution >= 4 is 11.9 Å². The second-order valence-corrected chi connectivity index (χ2v) is 7.89. The number of amides is 3. The molecular formula is C20H26FN3O2. The van der Waals surface area contributed by atoms with Crippen LogP contribution in [0.2, 0.25) is 0 Å². The molecule has 3 amide bonds. The van der Waals surface area contributed by atoms with Gasteiger partial charge in [-0.3, -0.25) is 4.79 Å². The summed E-state index contributed by atoms with van der Waals surface area (Å²) >= 11 is 0. The third kappa shape index (κ3) is 3.17. The molecule has 0 radical (unpaired) electrons. The van der Waals surface area contributed by atoms with Crippen LogP contribution >= 0.6 is 0 Å². The van der Waals surface area contributed by atoms with Crippen LogP contribution in [0, 0.1) is 11.2 Å². The molecule has 4 rings (SSSR count). The van der Waals surface area contributed by atoms with Gasteiger partial charge in [0.05, 0.1) is 5.41 Å². The van der Waals surface area contributed by atoms with Crippen LogP contribution < -0.4 is 0 Å². The van der Waals surface area contributed by atoms with Gasteiger partial charge in [0.25, 0.3) is 0 Å². The summed E-state index contributed by atoms with van der Waals surface area (Å²) in [5.41, 5.74) is 0.372. The minimum Gasteiger partial charge on any atom is -0.338 e. The van der Waals surface area contributed by atoms with Crippen molar-refractivity contribution in [3.63, 3.8) is 0 Å². The molecule has 3 saturated heterocycles. The van der Waals surface area contributed by atoms with Crippen molar-refractivity contribution in [2.24, 2.45) is 5.41 Å². The number of hydrogen-bond acceptors (Lipinski definition) is 2. The lowest BCUT2D eigenvalue weighted by Gasteiger charge is -2.40. The number of piperidine rings is 1. The summed E-state index contributed by atoms with van der Waals surface area (Å²) in [6.45, 7) is 4.07. The van der Waals surface area contributed by atoms with Crippen LogP contribution in [0.3, 0.4) is 0 Å². The Balaban J connectivity index is 1.44. The fourth-order valence-electron chi connectivity index (χ4n) is 4.68. The first-order valence-electron chi connectivity index (χ1n) is 9.65. The van der Waals surface area contributed by atoms with Crippen molar-refractivity contribution in [1.82, 2.24) is 14.7 Å². The van der Waals surface area contributed by atoms with Gasteiger partial charge in [0.1, 0.15) is 5.82 Å². The fourth-order valence-corrected chi connectivity index (χ4v) is 4.68. The lowest BCUT2D eigenvalue weighted by molar-refractivity contribution is -0.138. The summed E-state index contributed by atoms with van der Waals surface area (Å²) in [4.78, 5) is 31.5. The zero-order chi connectivity index (χ0) is 18.1.